The van der Waals surface area contributed by atoms with E-state index in [0.29, 0.717) is 24.5 Å². The Morgan fingerprint density at radius 1 is 1.00 bits per heavy atom. The van der Waals surface area contributed by atoms with Gasteiger partial charge in [-0.05, 0) is 17.7 Å². The first-order valence-electron chi connectivity index (χ1n) is 6.17. The average molecular weight is 258 g/mol. The van der Waals surface area contributed by atoms with Crippen molar-refractivity contribution in [3.63, 3.8) is 0 Å². The lowest BCUT2D eigenvalue weighted by atomic mass is 10.0. The van der Waals surface area contributed by atoms with Gasteiger partial charge < -0.3 is 14.6 Å². The molecule has 0 spiro atoms. The van der Waals surface area contributed by atoms with Gasteiger partial charge in [0.25, 0.3) is 0 Å². The molecule has 5 nitrogen and oxygen atoms in total. The summed E-state index contributed by atoms with van der Waals surface area (Å²) in [6, 6.07) is 5.45. The minimum absolute atomic E-state index is 0.626. The summed E-state index contributed by atoms with van der Waals surface area (Å²) in [5, 5.41) is 10.3. The Morgan fingerprint density at radius 2 is 1.74 bits per heavy atom. The zero-order valence-corrected chi connectivity index (χ0v) is 10.3. The Labute approximate surface area is 110 Å². The largest absolute Gasteiger partial charge is 0.490 e. The van der Waals surface area contributed by atoms with Gasteiger partial charge in [-0.15, -0.1) is 0 Å². The fourth-order valence-electron chi connectivity index (χ4n) is 1.99. The summed E-state index contributed by atoms with van der Waals surface area (Å²) in [6.45, 7) is 1.28. The average Bonchev–Trinajstić information content (AvgIpc) is 2.72. The zero-order chi connectivity index (χ0) is 13.1. The second-order valence-corrected chi connectivity index (χ2v) is 4.33. The van der Waals surface area contributed by atoms with Crippen LogP contribution in [-0.4, -0.2) is 28.3 Å². The molecule has 0 saturated heterocycles. The predicted octanol–water partition coefficient (Wildman–Crippen LogP) is 1.72. The minimum Gasteiger partial charge on any atom is -0.490 e. The van der Waals surface area contributed by atoms with E-state index in [1.165, 1.54) is 6.33 Å². The van der Waals surface area contributed by atoms with Crippen LogP contribution >= 0.6 is 0 Å². The monoisotopic (exact) mass is 258 g/mol. The van der Waals surface area contributed by atoms with E-state index in [-0.39, 0.29) is 0 Å². The second kappa shape index (κ2) is 5.24. The molecule has 1 unspecified atom stereocenters. The lowest BCUT2D eigenvalue weighted by Crippen LogP contribution is -2.02. The Balaban J connectivity index is 1.91. The predicted molar refractivity (Wildman–Crippen MR) is 68.1 cm³/mol. The van der Waals surface area contributed by atoms with Crippen molar-refractivity contribution in [1.82, 2.24) is 9.97 Å². The number of nitrogens with zero attached hydrogens (tertiary/aromatic N) is 2. The first-order valence-corrected chi connectivity index (χ1v) is 6.17. The van der Waals surface area contributed by atoms with Crippen LogP contribution in [0.4, 0.5) is 0 Å². The van der Waals surface area contributed by atoms with Crippen molar-refractivity contribution >= 4 is 0 Å². The van der Waals surface area contributed by atoms with Crippen LogP contribution in [0.5, 0.6) is 11.5 Å². The van der Waals surface area contributed by atoms with Gasteiger partial charge in [0.15, 0.2) is 11.5 Å². The van der Waals surface area contributed by atoms with E-state index >= 15 is 0 Å². The van der Waals surface area contributed by atoms with Gasteiger partial charge in [0.1, 0.15) is 12.4 Å². The first kappa shape index (κ1) is 11.9. The summed E-state index contributed by atoms with van der Waals surface area (Å²) in [7, 11) is 0. The molecule has 2 aromatic rings. The van der Waals surface area contributed by atoms with Crippen LogP contribution in [0.15, 0.2) is 36.9 Å². The number of aliphatic hydroxyl groups excluding tert-OH is 1. The third-order valence-electron chi connectivity index (χ3n) is 2.98. The molecule has 2 heterocycles. The van der Waals surface area contributed by atoms with Crippen molar-refractivity contribution in [3.8, 4) is 11.5 Å². The zero-order valence-electron chi connectivity index (χ0n) is 10.3. The van der Waals surface area contributed by atoms with Crippen molar-refractivity contribution < 1.29 is 14.6 Å². The van der Waals surface area contributed by atoms with Crippen LogP contribution in [0.2, 0.25) is 0 Å². The quantitative estimate of drug-likeness (QED) is 0.888. The molecule has 1 aliphatic heterocycles. The fraction of sp³-hybridized carbons (Fsp3) is 0.286. The van der Waals surface area contributed by atoms with E-state index in [0.717, 1.165) is 17.7 Å². The molecule has 3 rings (SSSR count). The third-order valence-corrected chi connectivity index (χ3v) is 2.98. The molecular weight excluding hydrogens is 244 g/mol. The summed E-state index contributed by atoms with van der Waals surface area (Å²) in [5.74, 6) is 1.39. The second-order valence-electron chi connectivity index (χ2n) is 4.33. The van der Waals surface area contributed by atoms with E-state index in [2.05, 4.69) is 9.97 Å². The number of aromatic nitrogens is 2. The highest BCUT2D eigenvalue weighted by Gasteiger charge is 2.16. The standard InChI is InChI=1S/C14H14N2O3/c17-14(11-7-15-9-16-8-11)10-2-3-12-13(6-10)19-5-1-4-18-12/h2-3,6-9,14,17H,1,4-5H2. The lowest BCUT2D eigenvalue weighted by molar-refractivity contribution is 0.218. The third kappa shape index (κ3) is 2.51. The molecule has 0 amide bonds. The van der Waals surface area contributed by atoms with Gasteiger partial charge in [-0.2, -0.15) is 0 Å². The number of hydrogen-bond acceptors (Lipinski definition) is 5. The smallest absolute Gasteiger partial charge is 0.161 e. The number of ether oxygens (including phenoxy) is 2. The molecule has 0 fully saturated rings. The molecule has 0 bridgehead atoms. The van der Waals surface area contributed by atoms with Gasteiger partial charge in [0.2, 0.25) is 0 Å². The molecular formula is C14H14N2O3. The molecule has 19 heavy (non-hydrogen) atoms. The maximum absolute atomic E-state index is 10.3. The molecule has 1 aromatic carbocycles. The van der Waals surface area contributed by atoms with E-state index in [4.69, 9.17) is 9.47 Å². The van der Waals surface area contributed by atoms with Crippen LogP contribution in [-0.2, 0) is 0 Å². The summed E-state index contributed by atoms with van der Waals surface area (Å²) >= 11 is 0. The van der Waals surface area contributed by atoms with Crippen LogP contribution in [0, 0.1) is 0 Å². The van der Waals surface area contributed by atoms with E-state index < -0.39 is 6.10 Å². The number of rotatable bonds is 2. The van der Waals surface area contributed by atoms with Crippen molar-refractivity contribution in [2.24, 2.45) is 0 Å². The molecule has 98 valence electrons. The fourth-order valence-corrected chi connectivity index (χ4v) is 1.99. The molecule has 5 heteroatoms. The van der Waals surface area contributed by atoms with Crippen molar-refractivity contribution in [3.05, 3.63) is 48.0 Å². The maximum Gasteiger partial charge on any atom is 0.161 e. The molecule has 1 N–H and O–H groups in total. The van der Waals surface area contributed by atoms with Gasteiger partial charge in [0, 0.05) is 24.4 Å². The number of hydrogen-bond donors (Lipinski definition) is 1. The van der Waals surface area contributed by atoms with E-state index in [9.17, 15) is 5.11 Å². The highest BCUT2D eigenvalue weighted by Crippen LogP contribution is 2.33. The number of fused-ring (bicyclic) bond motifs is 1. The van der Waals surface area contributed by atoms with Crippen LogP contribution in [0.3, 0.4) is 0 Å². The van der Waals surface area contributed by atoms with E-state index in [1.54, 1.807) is 18.5 Å². The number of benzene rings is 1. The molecule has 1 aromatic heterocycles. The van der Waals surface area contributed by atoms with Crippen LogP contribution in [0.1, 0.15) is 23.7 Å². The SMILES string of the molecule is OC(c1cncnc1)c1ccc2c(c1)OCCCO2. The Bertz CT molecular complexity index is 560. The highest BCUT2D eigenvalue weighted by atomic mass is 16.5. The van der Waals surface area contributed by atoms with Gasteiger partial charge in [-0.1, -0.05) is 6.07 Å². The molecule has 0 aliphatic carbocycles. The molecule has 1 aliphatic rings. The molecule has 0 saturated carbocycles. The van der Waals surface area contributed by atoms with Crippen LogP contribution < -0.4 is 9.47 Å². The van der Waals surface area contributed by atoms with Crippen LogP contribution in [0.25, 0.3) is 0 Å². The first-order chi connectivity index (χ1) is 9.34. The number of aliphatic hydroxyl groups is 1. The molecule has 1 atom stereocenters. The topological polar surface area (TPSA) is 64.5 Å². The van der Waals surface area contributed by atoms with E-state index in [1.807, 2.05) is 12.1 Å². The summed E-state index contributed by atoms with van der Waals surface area (Å²) in [5.41, 5.74) is 1.39. The normalized spacial score (nSPS) is 15.6. The summed E-state index contributed by atoms with van der Waals surface area (Å²) < 4.78 is 11.2. The highest BCUT2D eigenvalue weighted by molar-refractivity contribution is 5.45. The summed E-state index contributed by atoms with van der Waals surface area (Å²) in [4.78, 5) is 7.81. The van der Waals surface area contributed by atoms with Gasteiger partial charge in [-0.25, -0.2) is 9.97 Å². The Hall–Kier alpha value is -2.14. The van der Waals surface area contributed by atoms with Crippen molar-refractivity contribution in [1.29, 1.82) is 0 Å². The van der Waals surface area contributed by atoms with Crippen molar-refractivity contribution in [2.45, 2.75) is 12.5 Å². The van der Waals surface area contributed by atoms with Gasteiger partial charge in [-0.3, -0.25) is 0 Å². The summed E-state index contributed by atoms with van der Waals surface area (Å²) in [6.07, 6.45) is 4.73. The van der Waals surface area contributed by atoms with Gasteiger partial charge >= 0.3 is 0 Å². The maximum atomic E-state index is 10.3. The molecule has 0 radical (unpaired) electrons. The van der Waals surface area contributed by atoms with Crippen molar-refractivity contribution in [2.75, 3.05) is 13.2 Å². The lowest BCUT2D eigenvalue weighted by Gasteiger charge is -2.13. The van der Waals surface area contributed by atoms with Gasteiger partial charge in [0.05, 0.1) is 13.2 Å². The minimum atomic E-state index is -0.765. The Kier molecular flexibility index (Phi) is 3.29. The Morgan fingerprint density at radius 3 is 2.53 bits per heavy atom.